The van der Waals surface area contributed by atoms with Crippen molar-refractivity contribution in [3.63, 3.8) is 0 Å². The topological polar surface area (TPSA) is 47.6 Å². The minimum Gasteiger partial charge on any atom is -0.494 e. The van der Waals surface area contributed by atoms with Gasteiger partial charge in [-0.1, -0.05) is 18.2 Å². The highest BCUT2D eigenvalue weighted by molar-refractivity contribution is 5.80. The second-order valence-corrected chi connectivity index (χ2v) is 6.62. The predicted octanol–water partition coefficient (Wildman–Crippen LogP) is 3.52. The monoisotopic (exact) mass is 357 g/mol. The van der Waals surface area contributed by atoms with E-state index in [0.29, 0.717) is 31.6 Å². The third-order valence-electron chi connectivity index (χ3n) is 4.49. The van der Waals surface area contributed by atoms with E-state index >= 15 is 0 Å². The minimum absolute atomic E-state index is 0.0682. The van der Waals surface area contributed by atoms with Crippen molar-refractivity contribution >= 4 is 5.91 Å². The quantitative estimate of drug-likeness (QED) is 0.860. The van der Waals surface area contributed by atoms with Crippen LogP contribution in [0, 0.1) is 11.7 Å². The van der Waals surface area contributed by atoms with E-state index in [9.17, 15) is 9.18 Å². The first-order valence-corrected chi connectivity index (χ1v) is 8.99. The summed E-state index contributed by atoms with van der Waals surface area (Å²) in [5.41, 5.74) is 1.58. The zero-order valence-electron chi connectivity index (χ0n) is 15.1. The fourth-order valence-electron chi connectivity index (χ4n) is 3.20. The van der Waals surface area contributed by atoms with E-state index in [1.807, 2.05) is 32.0 Å². The fourth-order valence-corrected chi connectivity index (χ4v) is 3.20. The highest BCUT2D eigenvalue weighted by Gasteiger charge is 2.27. The third-order valence-corrected chi connectivity index (χ3v) is 4.49. The van der Waals surface area contributed by atoms with Gasteiger partial charge in [0.1, 0.15) is 23.9 Å². The van der Waals surface area contributed by atoms with Gasteiger partial charge < -0.3 is 14.8 Å². The number of amides is 1. The predicted molar refractivity (Wildman–Crippen MR) is 98.0 cm³/mol. The molecule has 0 aliphatic carbocycles. The molecular formula is C21H24FNO3. The van der Waals surface area contributed by atoms with Gasteiger partial charge in [-0.05, 0) is 62.1 Å². The molecule has 0 aromatic heterocycles. The highest BCUT2D eigenvalue weighted by Crippen LogP contribution is 2.31. The van der Waals surface area contributed by atoms with Crippen LogP contribution in [0.25, 0.3) is 0 Å². The summed E-state index contributed by atoms with van der Waals surface area (Å²) in [5, 5.41) is 2.98. The second kappa shape index (κ2) is 8.21. The summed E-state index contributed by atoms with van der Waals surface area (Å²) >= 11 is 0. The van der Waals surface area contributed by atoms with Crippen LogP contribution in [0.5, 0.6) is 11.5 Å². The summed E-state index contributed by atoms with van der Waals surface area (Å²) in [4.78, 5) is 12.6. The molecule has 2 atom stereocenters. The number of fused-ring (bicyclic) bond motifs is 1. The van der Waals surface area contributed by atoms with Crippen molar-refractivity contribution in [2.24, 2.45) is 5.92 Å². The number of halogens is 1. The van der Waals surface area contributed by atoms with Crippen LogP contribution in [-0.2, 0) is 17.6 Å². The normalized spacial score (nSPS) is 17.0. The van der Waals surface area contributed by atoms with Gasteiger partial charge in [0.2, 0.25) is 5.91 Å². The smallest absolute Gasteiger partial charge is 0.227 e. The number of benzene rings is 2. The number of nitrogens with one attached hydrogen (secondary N) is 1. The first-order valence-electron chi connectivity index (χ1n) is 8.99. The molecular weight excluding hydrogens is 333 g/mol. The van der Waals surface area contributed by atoms with Crippen molar-refractivity contribution in [1.29, 1.82) is 0 Å². The maximum atomic E-state index is 13.8. The maximum absolute atomic E-state index is 13.8. The lowest BCUT2D eigenvalue weighted by atomic mass is 9.95. The van der Waals surface area contributed by atoms with E-state index < -0.39 is 0 Å². The van der Waals surface area contributed by atoms with Crippen LogP contribution in [0.3, 0.4) is 0 Å². The molecule has 1 aliphatic heterocycles. The number of carbonyl (C=O) groups excluding carboxylic acids is 1. The Hall–Kier alpha value is -2.56. The van der Waals surface area contributed by atoms with Crippen LogP contribution >= 0.6 is 0 Å². The summed E-state index contributed by atoms with van der Waals surface area (Å²) in [6, 6.07) is 12.2. The van der Waals surface area contributed by atoms with Crippen molar-refractivity contribution in [3.05, 3.63) is 59.4 Å². The third kappa shape index (κ3) is 4.34. The van der Waals surface area contributed by atoms with E-state index in [2.05, 4.69) is 5.32 Å². The van der Waals surface area contributed by atoms with Crippen molar-refractivity contribution in [1.82, 2.24) is 5.32 Å². The largest absolute Gasteiger partial charge is 0.494 e. The lowest BCUT2D eigenvalue weighted by Crippen LogP contribution is -2.42. The Bertz CT molecular complexity index is 778. The first-order chi connectivity index (χ1) is 12.6. The molecule has 0 radical (unpaired) electrons. The Balaban J connectivity index is 1.60. The van der Waals surface area contributed by atoms with Gasteiger partial charge >= 0.3 is 0 Å². The van der Waals surface area contributed by atoms with Crippen LogP contribution in [0.1, 0.15) is 25.0 Å². The van der Waals surface area contributed by atoms with Gasteiger partial charge in [-0.3, -0.25) is 4.79 Å². The minimum atomic E-state index is -0.262. The van der Waals surface area contributed by atoms with Gasteiger partial charge in [0, 0.05) is 6.04 Å². The molecule has 2 aromatic carbocycles. The molecule has 3 rings (SSSR count). The molecule has 0 saturated heterocycles. The van der Waals surface area contributed by atoms with Crippen molar-refractivity contribution in [3.8, 4) is 11.5 Å². The summed E-state index contributed by atoms with van der Waals surface area (Å²) in [7, 11) is 0. The van der Waals surface area contributed by atoms with Gasteiger partial charge in [0.15, 0.2) is 0 Å². The zero-order chi connectivity index (χ0) is 18.5. The van der Waals surface area contributed by atoms with Crippen LogP contribution < -0.4 is 14.8 Å². The van der Waals surface area contributed by atoms with Crippen LogP contribution in [0.4, 0.5) is 4.39 Å². The summed E-state index contributed by atoms with van der Waals surface area (Å²) in [6.07, 6.45) is 1.06. The van der Waals surface area contributed by atoms with E-state index in [1.54, 1.807) is 18.2 Å². The summed E-state index contributed by atoms with van der Waals surface area (Å²) in [5.74, 6) is 1.01. The number of carbonyl (C=O) groups is 1. The van der Waals surface area contributed by atoms with E-state index in [1.165, 1.54) is 6.07 Å². The number of hydrogen-bond donors (Lipinski definition) is 1. The summed E-state index contributed by atoms with van der Waals surface area (Å²) in [6.45, 7) is 4.76. The molecule has 0 saturated carbocycles. The number of rotatable bonds is 6. The van der Waals surface area contributed by atoms with Crippen molar-refractivity contribution in [2.75, 3.05) is 13.2 Å². The van der Waals surface area contributed by atoms with Crippen LogP contribution in [-0.4, -0.2) is 25.2 Å². The van der Waals surface area contributed by atoms with Crippen LogP contribution in [0.15, 0.2) is 42.5 Å². The molecule has 5 heteroatoms. The molecule has 0 bridgehead atoms. The standard InChI is InChI=1S/C21H24FNO3/c1-3-25-18-8-9-20-16(12-18)11-17(13-26-20)21(24)23-14(2)10-15-6-4-5-7-19(15)22/h4-9,12,14,17H,3,10-11,13H2,1-2H3,(H,23,24). The maximum Gasteiger partial charge on any atom is 0.227 e. The molecule has 1 aliphatic rings. The fraction of sp³-hybridized carbons (Fsp3) is 0.381. The van der Waals surface area contributed by atoms with E-state index in [0.717, 1.165) is 17.1 Å². The average molecular weight is 357 g/mol. The molecule has 26 heavy (non-hydrogen) atoms. The zero-order valence-corrected chi connectivity index (χ0v) is 15.1. The molecule has 1 amide bonds. The summed E-state index contributed by atoms with van der Waals surface area (Å²) < 4.78 is 25.0. The molecule has 138 valence electrons. The van der Waals surface area contributed by atoms with E-state index in [4.69, 9.17) is 9.47 Å². The molecule has 0 fully saturated rings. The average Bonchev–Trinajstić information content (AvgIpc) is 2.63. The molecule has 1 N–H and O–H groups in total. The van der Waals surface area contributed by atoms with Crippen molar-refractivity contribution in [2.45, 2.75) is 32.7 Å². The van der Waals surface area contributed by atoms with E-state index in [-0.39, 0.29) is 23.7 Å². The number of hydrogen-bond acceptors (Lipinski definition) is 3. The van der Waals surface area contributed by atoms with Gasteiger partial charge in [0.05, 0.1) is 12.5 Å². The lowest BCUT2D eigenvalue weighted by molar-refractivity contribution is -0.126. The Morgan fingerprint density at radius 1 is 1.35 bits per heavy atom. The van der Waals surface area contributed by atoms with Gasteiger partial charge in [-0.25, -0.2) is 4.39 Å². The second-order valence-electron chi connectivity index (χ2n) is 6.62. The lowest BCUT2D eigenvalue weighted by Gasteiger charge is -2.26. The molecule has 2 aromatic rings. The highest BCUT2D eigenvalue weighted by atomic mass is 19.1. The van der Waals surface area contributed by atoms with Gasteiger partial charge in [0.25, 0.3) is 0 Å². The van der Waals surface area contributed by atoms with Gasteiger partial charge in [-0.15, -0.1) is 0 Å². The van der Waals surface area contributed by atoms with Gasteiger partial charge in [-0.2, -0.15) is 0 Å². The SMILES string of the molecule is CCOc1ccc2c(c1)CC(C(=O)NC(C)Cc1ccccc1F)CO2. The molecule has 2 unspecified atom stereocenters. The first kappa shape index (κ1) is 18.2. The Morgan fingerprint density at radius 2 is 2.15 bits per heavy atom. The Morgan fingerprint density at radius 3 is 2.92 bits per heavy atom. The van der Waals surface area contributed by atoms with Crippen molar-refractivity contribution < 1.29 is 18.7 Å². The molecule has 0 spiro atoms. The van der Waals surface area contributed by atoms with Crippen LogP contribution in [0.2, 0.25) is 0 Å². The molecule has 1 heterocycles. The Labute approximate surface area is 153 Å². The molecule has 4 nitrogen and oxygen atoms in total. The Kier molecular flexibility index (Phi) is 5.76. The number of ether oxygens (including phenoxy) is 2.